The van der Waals surface area contributed by atoms with E-state index in [-0.39, 0.29) is 5.78 Å². The van der Waals surface area contributed by atoms with Crippen molar-refractivity contribution in [3.8, 4) is 0 Å². The van der Waals surface area contributed by atoms with Crippen LogP contribution in [-0.2, 0) is 16.6 Å². The Balaban J connectivity index is 2.09. The van der Waals surface area contributed by atoms with Crippen LogP contribution in [0.1, 0.15) is 22.3 Å². The monoisotopic (exact) mass is 284 g/mol. The molecule has 1 heteroatoms. The van der Waals surface area contributed by atoms with E-state index in [1.807, 2.05) is 48.5 Å². The van der Waals surface area contributed by atoms with E-state index in [1.165, 1.54) is 0 Å². The lowest BCUT2D eigenvalue weighted by Gasteiger charge is -2.30. The van der Waals surface area contributed by atoms with Crippen LogP contribution in [-0.4, -0.2) is 5.78 Å². The van der Waals surface area contributed by atoms with Crippen LogP contribution in [0.25, 0.3) is 0 Å². The molecule has 0 heterocycles. The number of Topliss-reactive ketones (excluding diaryl/α,β-unsaturated/α-hetero) is 1. The third-order valence-corrected chi connectivity index (χ3v) is 4.60. The van der Waals surface area contributed by atoms with Gasteiger partial charge in [0, 0.05) is 6.42 Å². The Morgan fingerprint density at radius 3 is 1.73 bits per heavy atom. The first-order valence-electron chi connectivity index (χ1n) is 7.56. The van der Waals surface area contributed by atoms with E-state index >= 15 is 0 Å². The Kier molecular flexibility index (Phi) is 2.93. The maximum absolute atomic E-state index is 13.2. The maximum atomic E-state index is 13.2. The molecule has 3 aromatic carbocycles. The Hall–Kier alpha value is -2.67. The van der Waals surface area contributed by atoms with Crippen LogP contribution in [0.15, 0.2) is 84.9 Å². The highest BCUT2D eigenvalue weighted by Crippen LogP contribution is 2.46. The number of hydrogen-bond acceptors (Lipinski definition) is 1. The second-order valence-electron chi connectivity index (χ2n) is 5.74. The minimum absolute atomic E-state index is 0.256. The van der Waals surface area contributed by atoms with Gasteiger partial charge in [0.1, 0.15) is 5.41 Å². The topological polar surface area (TPSA) is 17.1 Å². The lowest BCUT2D eigenvalue weighted by molar-refractivity contribution is -0.120. The lowest BCUT2D eigenvalue weighted by atomic mass is 9.70. The van der Waals surface area contributed by atoms with Gasteiger partial charge in [-0.1, -0.05) is 84.9 Å². The van der Waals surface area contributed by atoms with Gasteiger partial charge < -0.3 is 0 Å². The summed E-state index contributed by atoms with van der Waals surface area (Å²) < 4.78 is 0. The molecule has 0 saturated carbocycles. The molecule has 0 unspecified atom stereocenters. The molecule has 0 N–H and O–H groups in total. The van der Waals surface area contributed by atoms with E-state index in [2.05, 4.69) is 36.4 Å². The van der Waals surface area contributed by atoms with Gasteiger partial charge in [0.05, 0.1) is 0 Å². The zero-order valence-corrected chi connectivity index (χ0v) is 12.2. The van der Waals surface area contributed by atoms with Crippen LogP contribution in [0, 0.1) is 0 Å². The minimum Gasteiger partial charge on any atom is -0.298 e. The number of benzene rings is 3. The predicted molar refractivity (Wildman–Crippen MR) is 87.9 cm³/mol. The molecule has 0 radical (unpaired) electrons. The normalized spacial score (nSPS) is 15.5. The van der Waals surface area contributed by atoms with E-state index in [4.69, 9.17) is 0 Å². The summed E-state index contributed by atoms with van der Waals surface area (Å²) in [6.45, 7) is 0. The van der Waals surface area contributed by atoms with E-state index in [9.17, 15) is 4.79 Å². The molecule has 0 spiro atoms. The van der Waals surface area contributed by atoms with Crippen molar-refractivity contribution in [1.29, 1.82) is 0 Å². The van der Waals surface area contributed by atoms with Crippen LogP contribution in [0.2, 0.25) is 0 Å². The van der Waals surface area contributed by atoms with Crippen LogP contribution in [0.5, 0.6) is 0 Å². The molecular formula is C21H16O. The van der Waals surface area contributed by atoms with Gasteiger partial charge in [0.15, 0.2) is 5.78 Å². The fourth-order valence-electron chi connectivity index (χ4n) is 3.67. The Morgan fingerprint density at radius 1 is 0.636 bits per heavy atom. The van der Waals surface area contributed by atoms with Crippen LogP contribution >= 0.6 is 0 Å². The first kappa shape index (κ1) is 13.0. The van der Waals surface area contributed by atoms with E-state index < -0.39 is 5.41 Å². The molecule has 1 aliphatic carbocycles. The van der Waals surface area contributed by atoms with Gasteiger partial charge in [0.2, 0.25) is 0 Å². The van der Waals surface area contributed by atoms with Gasteiger partial charge in [-0.05, 0) is 22.3 Å². The highest BCUT2D eigenvalue weighted by molar-refractivity contribution is 6.03. The molecular weight excluding hydrogens is 268 g/mol. The molecule has 0 fully saturated rings. The molecule has 0 bridgehead atoms. The standard InChI is InChI=1S/C21H16O/c22-20-15-16-9-7-8-14-19(16)21(20,17-10-3-1-4-11-17)18-12-5-2-6-13-18/h1-14H,15H2. The zero-order valence-electron chi connectivity index (χ0n) is 12.2. The number of carbonyl (C=O) groups is 1. The Morgan fingerprint density at radius 2 is 1.14 bits per heavy atom. The number of rotatable bonds is 2. The van der Waals surface area contributed by atoms with Crippen molar-refractivity contribution < 1.29 is 4.79 Å². The van der Waals surface area contributed by atoms with Crippen LogP contribution in [0.3, 0.4) is 0 Å². The van der Waals surface area contributed by atoms with Gasteiger partial charge in [0.25, 0.3) is 0 Å². The summed E-state index contributed by atoms with van der Waals surface area (Å²) in [5.41, 5.74) is 3.70. The average molecular weight is 284 g/mol. The summed E-state index contributed by atoms with van der Waals surface area (Å²) in [6, 6.07) is 28.5. The summed E-state index contributed by atoms with van der Waals surface area (Å²) in [4.78, 5) is 13.2. The molecule has 3 aromatic rings. The fourth-order valence-corrected chi connectivity index (χ4v) is 3.67. The number of ketones is 1. The Labute approximate surface area is 130 Å². The van der Waals surface area contributed by atoms with Crippen molar-refractivity contribution in [3.05, 3.63) is 107 Å². The SMILES string of the molecule is O=C1Cc2ccccc2C1(c1ccccc1)c1ccccc1. The van der Waals surface area contributed by atoms with Crippen LogP contribution < -0.4 is 0 Å². The van der Waals surface area contributed by atoms with Crippen molar-refractivity contribution in [2.45, 2.75) is 11.8 Å². The minimum atomic E-state index is -0.668. The summed E-state index contributed by atoms with van der Waals surface area (Å²) in [6.07, 6.45) is 0.500. The lowest BCUT2D eigenvalue weighted by Crippen LogP contribution is -2.34. The predicted octanol–water partition coefficient (Wildman–Crippen LogP) is 4.15. The second-order valence-corrected chi connectivity index (χ2v) is 5.74. The number of hydrogen-bond donors (Lipinski definition) is 0. The van der Waals surface area contributed by atoms with Crippen molar-refractivity contribution in [3.63, 3.8) is 0 Å². The van der Waals surface area contributed by atoms with Gasteiger partial charge in [-0.2, -0.15) is 0 Å². The quantitative estimate of drug-likeness (QED) is 0.691. The highest BCUT2D eigenvalue weighted by Gasteiger charge is 2.48. The van der Waals surface area contributed by atoms with Gasteiger partial charge in [-0.25, -0.2) is 0 Å². The van der Waals surface area contributed by atoms with E-state index in [0.717, 1.165) is 22.3 Å². The van der Waals surface area contributed by atoms with Gasteiger partial charge in [-0.15, -0.1) is 0 Å². The van der Waals surface area contributed by atoms with E-state index in [1.54, 1.807) is 0 Å². The molecule has 4 rings (SSSR count). The van der Waals surface area contributed by atoms with Crippen molar-refractivity contribution in [1.82, 2.24) is 0 Å². The third-order valence-electron chi connectivity index (χ3n) is 4.60. The largest absolute Gasteiger partial charge is 0.298 e. The summed E-state index contributed by atoms with van der Waals surface area (Å²) >= 11 is 0. The Bertz CT molecular complexity index is 779. The summed E-state index contributed by atoms with van der Waals surface area (Å²) in [7, 11) is 0. The van der Waals surface area contributed by atoms with Crippen molar-refractivity contribution >= 4 is 5.78 Å². The molecule has 1 nitrogen and oxygen atoms in total. The van der Waals surface area contributed by atoms with E-state index in [0.29, 0.717) is 6.42 Å². The molecule has 1 aliphatic rings. The third kappa shape index (κ3) is 1.69. The smallest absolute Gasteiger partial charge is 0.156 e. The molecule has 0 atom stereocenters. The fraction of sp³-hybridized carbons (Fsp3) is 0.0952. The average Bonchev–Trinajstić information content (AvgIpc) is 2.89. The van der Waals surface area contributed by atoms with Gasteiger partial charge in [-0.3, -0.25) is 4.79 Å². The molecule has 0 aliphatic heterocycles. The van der Waals surface area contributed by atoms with Crippen molar-refractivity contribution in [2.75, 3.05) is 0 Å². The first-order valence-corrected chi connectivity index (χ1v) is 7.56. The molecule has 0 saturated heterocycles. The summed E-state index contributed by atoms with van der Waals surface area (Å²) in [5.74, 6) is 0.256. The zero-order chi connectivity index (χ0) is 15.0. The van der Waals surface area contributed by atoms with Crippen molar-refractivity contribution in [2.24, 2.45) is 0 Å². The van der Waals surface area contributed by atoms with Crippen LogP contribution in [0.4, 0.5) is 0 Å². The molecule has 0 aromatic heterocycles. The second kappa shape index (κ2) is 4.96. The molecule has 22 heavy (non-hydrogen) atoms. The molecule has 0 amide bonds. The first-order chi connectivity index (χ1) is 10.8. The summed E-state index contributed by atoms with van der Waals surface area (Å²) in [5, 5.41) is 0. The van der Waals surface area contributed by atoms with Gasteiger partial charge >= 0.3 is 0 Å². The highest BCUT2D eigenvalue weighted by atomic mass is 16.1. The molecule has 106 valence electrons. The number of fused-ring (bicyclic) bond motifs is 1. The maximum Gasteiger partial charge on any atom is 0.156 e. The number of carbonyl (C=O) groups excluding carboxylic acids is 1.